The molecule has 138 valence electrons. The van der Waals surface area contributed by atoms with Gasteiger partial charge in [-0.05, 0) is 26.8 Å². The second kappa shape index (κ2) is 7.66. The highest BCUT2D eigenvalue weighted by molar-refractivity contribution is 6.36. The first kappa shape index (κ1) is 19.6. The van der Waals surface area contributed by atoms with Crippen molar-refractivity contribution in [2.45, 2.75) is 38.9 Å². The van der Waals surface area contributed by atoms with Gasteiger partial charge in [0.15, 0.2) is 0 Å². The number of carbonyl (C=O) groups is 2. The Bertz CT molecular complexity index is 675. The number of esters is 1. The summed E-state index contributed by atoms with van der Waals surface area (Å²) < 4.78 is 15.8. The SMILES string of the molecule is COC(=O)c1c(Cl)cc(Cl)nc1O[C@H]1CCN(C(=O)OC(C)(C)C)C1. The number of rotatable bonds is 3. The molecule has 1 fully saturated rings. The van der Waals surface area contributed by atoms with Crippen LogP contribution >= 0.6 is 23.2 Å². The first-order valence-corrected chi connectivity index (χ1v) is 8.45. The number of ether oxygens (including phenoxy) is 3. The molecule has 0 spiro atoms. The van der Waals surface area contributed by atoms with Crippen molar-refractivity contribution in [2.75, 3.05) is 20.2 Å². The Labute approximate surface area is 156 Å². The van der Waals surface area contributed by atoms with Crippen LogP contribution in [0.1, 0.15) is 37.6 Å². The van der Waals surface area contributed by atoms with Gasteiger partial charge in [0.25, 0.3) is 0 Å². The van der Waals surface area contributed by atoms with Crippen molar-refractivity contribution in [3.05, 3.63) is 21.8 Å². The topological polar surface area (TPSA) is 78.0 Å². The van der Waals surface area contributed by atoms with E-state index in [1.807, 2.05) is 0 Å². The van der Waals surface area contributed by atoms with Crippen molar-refractivity contribution in [2.24, 2.45) is 0 Å². The van der Waals surface area contributed by atoms with Gasteiger partial charge in [0.1, 0.15) is 22.4 Å². The van der Waals surface area contributed by atoms with Gasteiger partial charge >= 0.3 is 12.1 Å². The molecule has 0 N–H and O–H groups in total. The number of methoxy groups -OCH3 is 1. The molecule has 1 aromatic heterocycles. The van der Waals surface area contributed by atoms with E-state index in [0.29, 0.717) is 19.5 Å². The van der Waals surface area contributed by atoms with E-state index in [2.05, 4.69) is 4.98 Å². The molecule has 0 aromatic carbocycles. The highest BCUT2D eigenvalue weighted by atomic mass is 35.5. The molecule has 1 atom stereocenters. The van der Waals surface area contributed by atoms with Crippen molar-refractivity contribution in [3.63, 3.8) is 0 Å². The summed E-state index contributed by atoms with van der Waals surface area (Å²) in [7, 11) is 1.23. The molecular formula is C16H20Cl2N2O5. The van der Waals surface area contributed by atoms with Crippen LogP contribution in [0, 0.1) is 0 Å². The molecule has 0 aliphatic carbocycles. The summed E-state index contributed by atoms with van der Waals surface area (Å²) in [5.41, 5.74) is -0.569. The Hall–Kier alpha value is -1.73. The Balaban J connectivity index is 2.11. The first-order chi connectivity index (χ1) is 11.6. The summed E-state index contributed by atoms with van der Waals surface area (Å²) in [6, 6.07) is 1.34. The summed E-state index contributed by atoms with van der Waals surface area (Å²) >= 11 is 12.0. The number of hydrogen-bond acceptors (Lipinski definition) is 6. The second-order valence-corrected chi connectivity index (χ2v) is 7.35. The maximum Gasteiger partial charge on any atom is 0.410 e. The highest BCUT2D eigenvalue weighted by Gasteiger charge is 2.32. The monoisotopic (exact) mass is 390 g/mol. The fourth-order valence-corrected chi connectivity index (χ4v) is 2.81. The fraction of sp³-hybridized carbons (Fsp3) is 0.562. The van der Waals surface area contributed by atoms with Crippen LogP contribution in [0.15, 0.2) is 6.07 Å². The lowest BCUT2D eigenvalue weighted by atomic mass is 10.2. The normalized spacial score (nSPS) is 17.4. The zero-order valence-electron chi connectivity index (χ0n) is 14.5. The molecule has 9 heteroatoms. The van der Waals surface area contributed by atoms with Gasteiger partial charge in [-0.25, -0.2) is 14.6 Å². The van der Waals surface area contributed by atoms with Gasteiger partial charge in [-0.15, -0.1) is 0 Å². The fourth-order valence-electron chi connectivity index (χ4n) is 2.31. The largest absolute Gasteiger partial charge is 0.472 e. The molecule has 1 aliphatic rings. The van der Waals surface area contributed by atoms with E-state index in [1.165, 1.54) is 13.2 Å². The molecule has 0 bridgehead atoms. The minimum absolute atomic E-state index is 0.00397. The molecule has 7 nitrogen and oxygen atoms in total. The third-order valence-electron chi connectivity index (χ3n) is 3.37. The molecule has 1 aliphatic heterocycles. The molecular weight excluding hydrogens is 371 g/mol. The molecule has 25 heavy (non-hydrogen) atoms. The van der Waals surface area contributed by atoms with Gasteiger partial charge in [0.2, 0.25) is 5.88 Å². The van der Waals surface area contributed by atoms with Crippen molar-refractivity contribution >= 4 is 35.3 Å². The Morgan fingerprint density at radius 2 is 2.00 bits per heavy atom. The lowest BCUT2D eigenvalue weighted by Crippen LogP contribution is -2.36. The molecule has 1 saturated heterocycles. The van der Waals surface area contributed by atoms with Crippen LogP contribution in [0.2, 0.25) is 10.2 Å². The van der Waals surface area contributed by atoms with Crippen LogP contribution in [0.5, 0.6) is 5.88 Å². The van der Waals surface area contributed by atoms with Crippen LogP contribution < -0.4 is 4.74 Å². The van der Waals surface area contributed by atoms with Crippen LogP contribution in [-0.4, -0.2) is 53.9 Å². The Morgan fingerprint density at radius 3 is 2.60 bits per heavy atom. The third kappa shape index (κ3) is 5.12. The van der Waals surface area contributed by atoms with Gasteiger partial charge < -0.3 is 19.1 Å². The number of amides is 1. The first-order valence-electron chi connectivity index (χ1n) is 7.69. The molecule has 2 heterocycles. The van der Waals surface area contributed by atoms with E-state index in [-0.39, 0.29) is 27.7 Å². The molecule has 2 rings (SSSR count). The van der Waals surface area contributed by atoms with Crippen molar-refractivity contribution in [1.82, 2.24) is 9.88 Å². The van der Waals surface area contributed by atoms with Gasteiger partial charge in [-0.2, -0.15) is 0 Å². The van der Waals surface area contributed by atoms with Gasteiger partial charge in [-0.3, -0.25) is 0 Å². The van der Waals surface area contributed by atoms with Crippen LogP contribution in [0.4, 0.5) is 4.79 Å². The van der Waals surface area contributed by atoms with Crippen LogP contribution in [0.3, 0.4) is 0 Å². The maximum absolute atomic E-state index is 12.1. The van der Waals surface area contributed by atoms with E-state index in [4.69, 9.17) is 37.4 Å². The minimum atomic E-state index is -0.675. The standard InChI is InChI=1S/C16H20Cl2N2O5/c1-16(2,3)25-15(22)20-6-5-9(8-20)24-13-12(14(21)23-4)10(17)7-11(18)19-13/h7,9H,5-6,8H2,1-4H3/t9-/m0/s1. The van der Waals surface area contributed by atoms with E-state index in [1.54, 1.807) is 25.7 Å². The van der Waals surface area contributed by atoms with Gasteiger partial charge in [-0.1, -0.05) is 23.2 Å². The number of hydrogen-bond donors (Lipinski definition) is 0. The van der Waals surface area contributed by atoms with Crippen molar-refractivity contribution in [3.8, 4) is 5.88 Å². The Kier molecular flexibility index (Phi) is 6.00. The number of pyridine rings is 1. The second-order valence-electron chi connectivity index (χ2n) is 6.55. The van der Waals surface area contributed by atoms with E-state index < -0.39 is 17.7 Å². The summed E-state index contributed by atoms with van der Waals surface area (Å²) in [6.45, 7) is 6.18. The Morgan fingerprint density at radius 1 is 1.32 bits per heavy atom. The average molecular weight is 391 g/mol. The minimum Gasteiger partial charge on any atom is -0.472 e. The zero-order valence-corrected chi connectivity index (χ0v) is 16.0. The summed E-state index contributed by atoms with van der Waals surface area (Å²) in [5.74, 6) is -0.688. The van der Waals surface area contributed by atoms with E-state index >= 15 is 0 Å². The van der Waals surface area contributed by atoms with E-state index in [0.717, 1.165) is 0 Å². The number of likely N-dealkylation sites (tertiary alicyclic amines) is 1. The van der Waals surface area contributed by atoms with Crippen molar-refractivity contribution < 1.29 is 23.8 Å². The quantitative estimate of drug-likeness (QED) is 0.579. The summed E-state index contributed by atoms with van der Waals surface area (Å²) in [5, 5.41) is 0.179. The van der Waals surface area contributed by atoms with Gasteiger partial charge in [0, 0.05) is 13.0 Å². The molecule has 1 amide bonds. The predicted octanol–water partition coefficient (Wildman–Crippen LogP) is 3.56. The molecule has 0 radical (unpaired) electrons. The molecule has 1 aromatic rings. The summed E-state index contributed by atoms with van der Waals surface area (Å²) in [4.78, 5) is 29.6. The van der Waals surface area contributed by atoms with Crippen LogP contribution in [-0.2, 0) is 9.47 Å². The lowest BCUT2D eigenvalue weighted by Gasteiger charge is -2.24. The average Bonchev–Trinajstić information content (AvgIpc) is 2.93. The molecule has 0 unspecified atom stereocenters. The zero-order chi connectivity index (χ0) is 18.8. The lowest BCUT2D eigenvalue weighted by molar-refractivity contribution is 0.0273. The number of halogens is 2. The number of aromatic nitrogens is 1. The third-order valence-corrected chi connectivity index (χ3v) is 3.86. The summed E-state index contributed by atoms with van der Waals surface area (Å²) in [6.07, 6.45) is -0.215. The number of carbonyl (C=O) groups excluding carboxylic acids is 2. The van der Waals surface area contributed by atoms with Crippen molar-refractivity contribution in [1.29, 1.82) is 0 Å². The smallest absolute Gasteiger partial charge is 0.410 e. The predicted molar refractivity (Wildman–Crippen MR) is 92.4 cm³/mol. The highest BCUT2D eigenvalue weighted by Crippen LogP contribution is 2.30. The van der Waals surface area contributed by atoms with E-state index in [9.17, 15) is 9.59 Å². The molecule has 0 saturated carbocycles. The van der Waals surface area contributed by atoms with Crippen LogP contribution in [0.25, 0.3) is 0 Å². The van der Waals surface area contributed by atoms with Gasteiger partial charge in [0.05, 0.1) is 18.7 Å². The maximum atomic E-state index is 12.1. The number of nitrogens with zero attached hydrogens (tertiary/aromatic N) is 2.